The van der Waals surface area contributed by atoms with Gasteiger partial charge in [0.05, 0.1) is 5.02 Å². The van der Waals surface area contributed by atoms with Gasteiger partial charge in [0, 0.05) is 0 Å². The summed E-state index contributed by atoms with van der Waals surface area (Å²) in [5.41, 5.74) is 0. The van der Waals surface area contributed by atoms with E-state index in [-0.39, 0.29) is 17.2 Å². The normalized spacial score (nSPS) is 10.1. The molecule has 0 heterocycles. The quantitative estimate of drug-likeness (QED) is 0.784. The average Bonchev–Trinajstić information content (AvgIpc) is 2.28. The zero-order chi connectivity index (χ0) is 11.5. The molecule has 0 aliphatic carbocycles. The molecule has 0 saturated heterocycles. The molecule has 0 fully saturated rings. The lowest BCUT2D eigenvalue weighted by atomic mass is 10.3. The van der Waals surface area contributed by atoms with E-state index in [1.807, 2.05) is 0 Å². The van der Waals surface area contributed by atoms with Crippen LogP contribution >= 0.6 is 11.6 Å². The molecule has 0 amide bonds. The molecule has 0 radical (unpaired) electrons. The Kier molecular flexibility index (Phi) is 2.88. The second-order valence-corrected chi connectivity index (χ2v) is 3.56. The van der Waals surface area contributed by atoms with Crippen molar-refractivity contribution in [3.05, 3.63) is 47.5 Å². The third kappa shape index (κ3) is 2.04. The molecule has 0 saturated carbocycles. The SMILES string of the molecule is Oc1cccc(Oc2ccccc2Cl)c1O. The van der Waals surface area contributed by atoms with Crippen LogP contribution in [0.4, 0.5) is 0 Å². The maximum Gasteiger partial charge on any atom is 0.201 e. The minimum Gasteiger partial charge on any atom is -0.504 e. The summed E-state index contributed by atoms with van der Waals surface area (Å²) in [4.78, 5) is 0. The Labute approximate surface area is 97.5 Å². The maximum absolute atomic E-state index is 9.53. The predicted molar refractivity (Wildman–Crippen MR) is 61.3 cm³/mol. The van der Waals surface area contributed by atoms with Crippen molar-refractivity contribution in [2.24, 2.45) is 0 Å². The third-order valence-electron chi connectivity index (χ3n) is 2.03. The van der Waals surface area contributed by atoms with Crippen LogP contribution in [-0.2, 0) is 0 Å². The summed E-state index contributed by atoms with van der Waals surface area (Å²) in [5, 5.41) is 19.3. The van der Waals surface area contributed by atoms with Gasteiger partial charge in [-0.2, -0.15) is 0 Å². The Morgan fingerprint density at radius 2 is 1.56 bits per heavy atom. The van der Waals surface area contributed by atoms with Gasteiger partial charge in [0.15, 0.2) is 11.5 Å². The standard InChI is InChI=1S/C12H9ClO3/c13-8-4-1-2-6-10(8)16-11-7-3-5-9(14)12(11)15/h1-7,14-15H. The molecule has 0 bridgehead atoms. The molecular weight excluding hydrogens is 228 g/mol. The second-order valence-electron chi connectivity index (χ2n) is 3.16. The van der Waals surface area contributed by atoms with E-state index in [4.69, 9.17) is 16.3 Å². The summed E-state index contributed by atoms with van der Waals surface area (Å²) in [6.45, 7) is 0. The van der Waals surface area contributed by atoms with E-state index in [2.05, 4.69) is 0 Å². The molecule has 0 atom stereocenters. The molecule has 2 aromatic carbocycles. The number of benzene rings is 2. The molecule has 2 N–H and O–H groups in total. The molecule has 2 rings (SSSR count). The smallest absolute Gasteiger partial charge is 0.201 e. The number of phenols is 2. The number of halogens is 1. The molecule has 0 spiro atoms. The molecule has 3 nitrogen and oxygen atoms in total. The lowest BCUT2D eigenvalue weighted by Gasteiger charge is -2.09. The highest BCUT2D eigenvalue weighted by molar-refractivity contribution is 6.32. The maximum atomic E-state index is 9.53. The van der Waals surface area contributed by atoms with Gasteiger partial charge < -0.3 is 14.9 Å². The lowest BCUT2D eigenvalue weighted by Crippen LogP contribution is -1.85. The predicted octanol–water partition coefficient (Wildman–Crippen LogP) is 3.54. The number of aromatic hydroxyl groups is 2. The number of ether oxygens (including phenoxy) is 1. The van der Waals surface area contributed by atoms with E-state index in [1.54, 1.807) is 36.4 Å². The van der Waals surface area contributed by atoms with Crippen molar-refractivity contribution in [3.63, 3.8) is 0 Å². The van der Waals surface area contributed by atoms with Gasteiger partial charge in [-0.3, -0.25) is 0 Å². The molecule has 0 unspecified atom stereocenters. The van der Waals surface area contributed by atoms with Gasteiger partial charge >= 0.3 is 0 Å². The first-order valence-corrected chi connectivity index (χ1v) is 4.99. The van der Waals surface area contributed by atoms with Gasteiger partial charge in [-0.25, -0.2) is 0 Å². The van der Waals surface area contributed by atoms with Crippen LogP contribution in [0.5, 0.6) is 23.0 Å². The van der Waals surface area contributed by atoms with E-state index in [1.165, 1.54) is 6.07 Å². The van der Waals surface area contributed by atoms with Crippen molar-refractivity contribution < 1.29 is 14.9 Å². The number of rotatable bonds is 2. The molecule has 16 heavy (non-hydrogen) atoms. The van der Waals surface area contributed by atoms with E-state index in [0.717, 1.165) is 0 Å². The van der Waals surface area contributed by atoms with Crippen molar-refractivity contribution in [1.82, 2.24) is 0 Å². The van der Waals surface area contributed by atoms with Gasteiger partial charge in [0.25, 0.3) is 0 Å². The highest BCUT2D eigenvalue weighted by Crippen LogP contribution is 2.38. The number of hydrogen-bond acceptors (Lipinski definition) is 3. The van der Waals surface area contributed by atoms with Crippen molar-refractivity contribution in [1.29, 1.82) is 0 Å². The first-order chi connectivity index (χ1) is 7.68. The van der Waals surface area contributed by atoms with E-state index < -0.39 is 0 Å². The second kappa shape index (κ2) is 4.33. The van der Waals surface area contributed by atoms with E-state index >= 15 is 0 Å². The van der Waals surface area contributed by atoms with Crippen molar-refractivity contribution >= 4 is 11.6 Å². The largest absolute Gasteiger partial charge is 0.504 e. The number of hydrogen-bond donors (Lipinski definition) is 2. The van der Waals surface area contributed by atoms with Crippen LogP contribution in [0.2, 0.25) is 5.02 Å². The zero-order valence-electron chi connectivity index (χ0n) is 8.22. The topological polar surface area (TPSA) is 49.7 Å². The Bertz CT molecular complexity index is 511. The molecule has 0 aliphatic heterocycles. The first kappa shape index (κ1) is 10.6. The van der Waals surface area contributed by atoms with Crippen molar-refractivity contribution in [2.45, 2.75) is 0 Å². The molecule has 82 valence electrons. The van der Waals surface area contributed by atoms with E-state index in [0.29, 0.717) is 10.8 Å². The van der Waals surface area contributed by atoms with Crippen molar-refractivity contribution in [3.8, 4) is 23.0 Å². The number of phenolic OH excluding ortho intramolecular Hbond substituents is 2. The minimum absolute atomic E-state index is 0.160. The monoisotopic (exact) mass is 236 g/mol. The highest BCUT2D eigenvalue weighted by Gasteiger charge is 2.09. The molecule has 0 aliphatic rings. The number of para-hydroxylation sites is 2. The van der Waals surface area contributed by atoms with Crippen LogP contribution in [0.25, 0.3) is 0 Å². The van der Waals surface area contributed by atoms with Gasteiger partial charge in [-0.1, -0.05) is 29.8 Å². The van der Waals surface area contributed by atoms with Crippen LogP contribution in [0, 0.1) is 0 Å². The van der Waals surface area contributed by atoms with Crippen LogP contribution in [-0.4, -0.2) is 10.2 Å². The Morgan fingerprint density at radius 1 is 0.875 bits per heavy atom. The Morgan fingerprint density at radius 3 is 2.31 bits per heavy atom. The fourth-order valence-corrected chi connectivity index (χ4v) is 1.41. The van der Waals surface area contributed by atoms with Gasteiger partial charge in [0.2, 0.25) is 5.75 Å². The fourth-order valence-electron chi connectivity index (χ4n) is 1.24. The van der Waals surface area contributed by atoms with Crippen molar-refractivity contribution in [2.75, 3.05) is 0 Å². The molecule has 2 aromatic rings. The molecule has 4 heteroatoms. The summed E-state index contributed by atoms with van der Waals surface area (Å²) in [6.07, 6.45) is 0. The zero-order valence-corrected chi connectivity index (χ0v) is 8.98. The minimum atomic E-state index is -0.303. The highest BCUT2D eigenvalue weighted by atomic mass is 35.5. The van der Waals surface area contributed by atoms with Gasteiger partial charge in [-0.15, -0.1) is 0 Å². The Balaban J connectivity index is 2.35. The third-order valence-corrected chi connectivity index (χ3v) is 2.35. The van der Waals surface area contributed by atoms with Crippen LogP contribution in [0.15, 0.2) is 42.5 Å². The van der Waals surface area contributed by atoms with Gasteiger partial charge in [-0.05, 0) is 24.3 Å². The molecule has 0 aromatic heterocycles. The summed E-state index contributed by atoms with van der Waals surface area (Å²) in [6, 6.07) is 11.4. The van der Waals surface area contributed by atoms with Crippen LogP contribution < -0.4 is 4.74 Å². The lowest BCUT2D eigenvalue weighted by molar-refractivity contribution is 0.373. The van der Waals surface area contributed by atoms with Crippen LogP contribution in [0.1, 0.15) is 0 Å². The summed E-state index contributed by atoms with van der Waals surface area (Å²) in [7, 11) is 0. The molecular formula is C12H9ClO3. The summed E-state index contributed by atoms with van der Waals surface area (Å²) in [5.74, 6) is 0.0464. The fraction of sp³-hybridized carbons (Fsp3) is 0. The average molecular weight is 237 g/mol. The summed E-state index contributed by atoms with van der Waals surface area (Å²) < 4.78 is 5.38. The first-order valence-electron chi connectivity index (χ1n) is 4.62. The Hall–Kier alpha value is -1.87. The van der Waals surface area contributed by atoms with E-state index in [9.17, 15) is 10.2 Å². The summed E-state index contributed by atoms with van der Waals surface area (Å²) >= 11 is 5.90. The van der Waals surface area contributed by atoms with Crippen LogP contribution in [0.3, 0.4) is 0 Å². The van der Waals surface area contributed by atoms with Gasteiger partial charge in [0.1, 0.15) is 5.75 Å².